The minimum atomic E-state index is 0.0476. The highest BCUT2D eigenvalue weighted by atomic mass is 32.1. The summed E-state index contributed by atoms with van der Waals surface area (Å²) in [5.74, 6) is 0.975. The summed E-state index contributed by atoms with van der Waals surface area (Å²) in [6, 6.07) is 4.23. The summed E-state index contributed by atoms with van der Waals surface area (Å²) in [5, 5.41) is 4.05. The van der Waals surface area contributed by atoms with Crippen molar-refractivity contribution in [1.29, 1.82) is 0 Å². The number of nitrogen functional groups attached to an aromatic ring is 1. The first-order valence-electron chi connectivity index (χ1n) is 10.8. The fourth-order valence-corrected chi connectivity index (χ4v) is 5.22. The van der Waals surface area contributed by atoms with E-state index in [0.717, 1.165) is 39.6 Å². The molecule has 0 spiro atoms. The van der Waals surface area contributed by atoms with Crippen molar-refractivity contribution in [2.24, 2.45) is 0 Å². The Balaban J connectivity index is 1.31. The summed E-state index contributed by atoms with van der Waals surface area (Å²) in [4.78, 5) is 35.3. The molecule has 1 saturated heterocycles. The van der Waals surface area contributed by atoms with Gasteiger partial charge in [-0.05, 0) is 25.0 Å². The van der Waals surface area contributed by atoms with Crippen LogP contribution in [0.1, 0.15) is 32.1 Å². The van der Waals surface area contributed by atoms with Gasteiger partial charge in [-0.1, -0.05) is 30.6 Å². The SMILES string of the molecule is Nc1nc(N2CCN(C(=O)NC3CCCCC3)CC2)c2nc(-c3cccnc3)sc2n1. The van der Waals surface area contributed by atoms with E-state index in [0.29, 0.717) is 32.2 Å². The summed E-state index contributed by atoms with van der Waals surface area (Å²) in [7, 11) is 0. The zero-order valence-electron chi connectivity index (χ0n) is 17.3. The standard InChI is InChI=1S/C21H26N8OS/c22-20-26-17(16-19(27-20)31-18(25-16)14-5-4-8-23-13-14)28-9-11-29(12-10-28)21(30)24-15-6-2-1-3-7-15/h4-5,8,13,15H,1-3,6-7,9-12H2,(H,24,30)(H2,22,26,27). The molecule has 0 bridgehead atoms. The number of hydrogen-bond donors (Lipinski definition) is 2. The molecule has 2 amide bonds. The molecule has 2 aliphatic rings. The molecule has 3 aromatic rings. The third-order valence-electron chi connectivity index (χ3n) is 5.97. The van der Waals surface area contributed by atoms with Gasteiger partial charge in [-0.25, -0.2) is 14.8 Å². The van der Waals surface area contributed by atoms with Gasteiger partial charge in [0.1, 0.15) is 10.5 Å². The Morgan fingerprint density at radius 3 is 2.65 bits per heavy atom. The molecule has 0 aromatic carbocycles. The van der Waals surface area contributed by atoms with Crippen molar-refractivity contribution in [3.63, 3.8) is 0 Å². The normalized spacial score (nSPS) is 17.8. The lowest BCUT2D eigenvalue weighted by Crippen LogP contribution is -2.54. The Morgan fingerprint density at radius 1 is 1.10 bits per heavy atom. The van der Waals surface area contributed by atoms with E-state index < -0.39 is 0 Å². The zero-order valence-corrected chi connectivity index (χ0v) is 18.1. The molecule has 1 aliphatic carbocycles. The third kappa shape index (κ3) is 4.25. The predicted molar refractivity (Wildman–Crippen MR) is 122 cm³/mol. The van der Waals surface area contributed by atoms with Crippen LogP contribution in [0.4, 0.5) is 16.6 Å². The van der Waals surface area contributed by atoms with Crippen LogP contribution < -0.4 is 16.0 Å². The minimum Gasteiger partial charge on any atom is -0.368 e. The van der Waals surface area contributed by atoms with Crippen LogP contribution in [0.15, 0.2) is 24.5 Å². The van der Waals surface area contributed by atoms with Crippen molar-refractivity contribution >= 4 is 39.5 Å². The number of hydrogen-bond acceptors (Lipinski definition) is 8. The van der Waals surface area contributed by atoms with Gasteiger partial charge >= 0.3 is 6.03 Å². The van der Waals surface area contributed by atoms with E-state index in [2.05, 4.69) is 25.2 Å². The Morgan fingerprint density at radius 2 is 1.90 bits per heavy atom. The van der Waals surface area contributed by atoms with Gasteiger partial charge in [0.15, 0.2) is 10.6 Å². The van der Waals surface area contributed by atoms with Crippen molar-refractivity contribution in [3.05, 3.63) is 24.5 Å². The third-order valence-corrected chi connectivity index (χ3v) is 6.96. The number of fused-ring (bicyclic) bond motifs is 1. The van der Waals surface area contributed by atoms with E-state index >= 15 is 0 Å². The molecule has 31 heavy (non-hydrogen) atoms. The second kappa shape index (κ2) is 8.62. The number of rotatable bonds is 3. The Hall–Kier alpha value is -3.01. The fourth-order valence-electron chi connectivity index (χ4n) is 4.29. The van der Waals surface area contributed by atoms with Gasteiger partial charge in [-0.3, -0.25) is 4.98 Å². The van der Waals surface area contributed by atoms with Gasteiger partial charge in [0.25, 0.3) is 0 Å². The number of anilines is 2. The van der Waals surface area contributed by atoms with Crippen LogP contribution in [-0.4, -0.2) is 63.1 Å². The van der Waals surface area contributed by atoms with E-state index in [1.54, 1.807) is 12.4 Å². The average Bonchev–Trinajstić information content (AvgIpc) is 3.24. The molecule has 1 saturated carbocycles. The molecule has 0 unspecified atom stereocenters. The first-order chi connectivity index (χ1) is 15.2. The van der Waals surface area contributed by atoms with Crippen molar-refractivity contribution in [2.45, 2.75) is 38.1 Å². The second-order valence-electron chi connectivity index (χ2n) is 8.08. The molecule has 3 aromatic heterocycles. The molecular formula is C21H26N8OS. The predicted octanol–water partition coefficient (Wildman–Crippen LogP) is 2.89. The van der Waals surface area contributed by atoms with Crippen LogP contribution >= 0.6 is 11.3 Å². The van der Waals surface area contributed by atoms with Gasteiger partial charge in [0.05, 0.1) is 0 Å². The maximum atomic E-state index is 12.7. The van der Waals surface area contributed by atoms with E-state index in [4.69, 9.17) is 10.7 Å². The number of amides is 2. The van der Waals surface area contributed by atoms with Gasteiger partial charge in [-0.15, -0.1) is 0 Å². The van der Waals surface area contributed by atoms with Crippen LogP contribution in [-0.2, 0) is 0 Å². The van der Waals surface area contributed by atoms with Crippen LogP contribution in [0.25, 0.3) is 20.9 Å². The molecule has 10 heteroatoms. The van der Waals surface area contributed by atoms with E-state index in [-0.39, 0.29) is 12.0 Å². The largest absolute Gasteiger partial charge is 0.368 e. The zero-order chi connectivity index (χ0) is 21.2. The quantitative estimate of drug-likeness (QED) is 0.646. The van der Waals surface area contributed by atoms with Crippen molar-refractivity contribution in [2.75, 3.05) is 36.8 Å². The summed E-state index contributed by atoms with van der Waals surface area (Å²) in [5.41, 5.74) is 7.69. The minimum absolute atomic E-state index is 0.0476. The number of piperazine rings is 1. The molecule has 0 atom stereocenters. The van der Waals surface area contributed by atoms with Gasteiger partial charge < -0.3 is 20.9 Å². The highest BCUT2D eigenvalue weighted by molar-refractivity contribution is 7.21. The smallest absolute Gasteiger partial charge is 0.317 e. The molecule has 9 nitrogen and oxygen atoms in total. The average molecular weight is 439 g/mol. The van der Waals surface area contributed by atoms with Gasteiger partial charge in [-0.2, -0.15) is 4.98 Å². The molecule has 162 valence electrons. The van der Waals surface area contributed by atoms with Crippen molar-refractivity contribution < 1.29 is 4.79 Å². The lowest BCUT2D eigenvalue weighted by molar-refractivity contribution is 0.186. The number of urea groups is 1. The number of pyridine rings is 1. The lowest BCUT2D eigenvalue weighted by atomic mass is 9.96. The first-order valence-corrected chi connectivity index (χ1v) is 11.6. The molecule has 5 rings (SSSR count). The monoisotopic (exact) mass is 438 g/mol. The van der Waals surface area contributed by atoms with Gasteiger partial charge in [0, 0.05) is 50.2 Å². The highest BCUT2D eigenvalue weighted by Gasteiger charge is 2.26. The number of thiazole rings is 1. The first kappa shape index (κ1) is 19.9. The van der Waals surface area contributed by atoms with E-state index in [1.807, 2.05) is 17.0 Å². The molecular weight excluding hydrogens is 412 g/mol. The summed E-state index contributed by atoms with van der Waals surface area (Å²) in [6.07, 6.45) is 9.40. The summed E-state index contributed by atoms with van der Waals surface area (Å²) < 4.78 is 0. The Labute approximate surface area is 184 Å². The maximum absolute atomic E-state index is 12.7. The van der Waals surface area contributed by atoms with Crippen LogP contribution in [0.3, 0.4) is 0 Å². The van der Waals surface area contributed by atoms with Crippen molar-refractivity contribution in [3.8, 4) is 10.6 Å². The Bertz CT molecular complexity index is 1060. The van der Waals surface area contributed by atoms with Crippen LogP contribution in [0, 0.1) is 0 Å². The summed E-state index contributed by atoms with van der Waals surface area (Å²) >= 11 is 1.48. The lowest BCUT2D eigenvalue weighted by Gasteiger charge is -2.36. The number of carbonyl (C=O) groups excluding carboxylic acids is 1. The fraction of sp³-hybridized carbons (Fsp3) is 0.476. The van der Waals surface area contributed by atoms with E-state index in [9.17, 15) is 4.79 Å². The second-order valence-corrected chi connectivity index (χ2v) is 9.06. The summed E-state index contributed by atoms with van der Waals surface area (Å²) in [6.45, 7) is 2.65. The number of nitrogens with one attached hydrogen (secondary N) is 1. The molecule has 3 N–H and O–H groups in total. The molecule has 2 fully saturated rings. The van der Waals surface area contributed by atoms with Gasteiger partial charge in [0.2, 0.25) is 5.95 Å². The molecule has 1 aliphatic heterocycles. The number of carbonyl (C=O) groups is 1. The van der Waals surface area contributed by atoms with Crippen LogP contribution in [0.2, 0.25) is 0 Å². The number of nitrogens with two attached hydrogens (primary N) is 1. The van der Waals surface area contributed by atoms with Crippen molar-refractivity contribution in [1.82, 2.24) is 30.2 Å². The highest BCUT2D eigenvalue weighted by Crippen LogP contribution is 2.33. The molecule has 4 heterocycles. The molecule has 0 radical (unpaired) electrons. The van der Waals surface area contributed by atoms with Crippen LogP contribution in [0.5, 0.6) is 0 Å². The number of nitrogens with zero attached hydrogens (tertiary/aromatic N) is 6. The number of aromatic nitrogens is 4. The Kier molecular flexibility index (Phi) is 5.54. The van der Waals surface area contributed by atoms with E-state index in [1.165, 1.54) is 30.6 Å². The maximum Gasteiger partial charge on any atom is 0.317 e. The topological polar surface area (TPSA) is 113 Å².